The first kappa shape index (κ1) is 30.5. The van der Waals surface area contributed by atoms with Crippen molar-refractivity contribution in [2.75, 3.05) is 17.2 Å². The van der Waals surface area contributed by atoms with Crippen molar-refractivity contribution in [2.24, 2.45) is 0 Å². The smallest absolute Gasteiger partial charge is 0.407 e. The van der Waals surface area contributed by atoms with Gasteiger partial charge in [-0.1, -0.05) is 23.7 Å². The number of carbonyl (C=O) groups is 2. The minimum Gasteiger partial charge on any atom is -0.487 e. The van der Waals surface area contributed by atoms with Crippen LogP contribution in [0, 0.1) is 5.82 Å². The summed E-state index contributed by atoms with van der Waals surface area (Å²) in [6, 6.07) is 16.8. The van der Waals surface area contributed by atoms with Gasteiger partial charge in [0.15, 0.2) is 0 Å². The van der Waals surface area contributed by atoms with Crippen LogP contribution in [0.3, 0.4) is 0 Å². The zero-order chi connectivity index (χ0) is 30.1. The number of nitrogens with zero attached hydrogens (tertiary/aromatic N) is 2. The Bertz CT molecular complexity index is 1560. The number of ether oxygens (including phenoxy) is 2. The fourth-order valence-electron chi connectivity index (χ4n) is 3.99. The summed E-state index contributed by atoms with van der Waals surface area (Å²) in [5.41, 5.74) is 2.12. The summed E-state index contributed by atoms with van der Waals surface area (Å²) < 4.78 is 24.4. The molecule has 1 heterocycles. The lowest BCUT2D eigenvalue weighted by atomic mass is 10.2. The number of aromatic nitrogens is 2. The van der Waals surface area contributed by atoms with E-state index < -0.39 is 11.7 Å². The Kier molecular flexibility index (Phi) is 10.1. The summed E-state index contributed by atoms with van der Waals surface area (Å²) in [6.07, 6.45) is 2.53. The summed E-state index contributed by atoms with van der Waals surface area (Å²) in [5, 5.41) is 9.93. The van der Waals surface area contributed by atoms with Crippen molar-refractivity contribution in [1.29, 1.82) is 0 Å². The third-order valence-electron chi connectivity index (χ3n) is 5.90. The van der Waals surface area contributed by atoms with Gasteiger partial charge < -0.3 is 25.4 Å². The summed E-state index contributed by atoms with van der Waals surface area (Å²) >= 11 is 6.45. The van der Waals surface area contributed by atoms with Crippen molar-refractivity contribution in [2.45, 2.75) is 52.2 Å². The number of anilines is 3. The van der Waals surface area contributed by atoms with Crippen molar-refractivity contribution in [1.82, 2.24) is 15.3 Å². The van der Waals surface area contributed by atoms with Gasteiger partial charge in [-0.25, -0.2) is 19.2 Å². The van der Waals surface area contributed by atoms with Gasteiger partial charge in [-0.05, 0) is 87.7 Å². The maximum Gasteiger partial charge on any atom is 0.407 e. The molecule has 220 valence electrons. The van der Waals surface area contributed by atoms with Gasteiger partial charge in [-0.3, -0.25) is 4.79 Å². The molecule has 0 aliphatic heterocycles. The van der Waals surface area contributed by atoms with Crippen LogP contribution in [-0.4, -0.2) is 34.1 Å². The summed E-state index contributed by atoms with van der Waals surface area (Å²) in [5.74, 6) is 0.531. The SMILES string of the molecule is CC(C)(C)OC(=O)NCCCCC(=O)Nc1ccc2ncnc(Nc3ccc(OCc4cccc(F)c4)c(Cl)c3)c2c1. The van der Waals surface area contributed by atoms with Crippen molar-refractivity contribution < 1.29 is 23.5 Å². The molecule has 0 unspecified atom stereocenters. The fraction of sp³-hybridized carbons (Fsp3) is 0.290. The molecule has 0 saturated heterocycles. The zero-order valence-electron chi connectivity index (χ0n) is 23.7. The van der Waals surface area contributed by atoms with Crippen LogP contribution in [0.15, 0.2) is 67.0 Å². The number of rotatable bonds is 11. The molecular weight excluding hydrogens is 561 g/mol. The van der Waals surface area contributed by atoms with Crippen LogP contribution in [-0.2, 0) is 16.1 Å². The van der Waals surface area contributed by atoms with Gasteiger partial charge in [0.05, 0.1) is 10.5 Å². The topological polar surface area (TPSA) is 114 Å². The fourth-order valence-corrected chi connectivity index (χ4v) is 4.23. The van der Waals surface area contributed by atoms with E-state index in [1.54, 1.807) is 69.3 Å². The highest BCUT2D eigenvalue weighted by Gasteiger charge is 2.15. The molecule has 0 aliphatic rings. The van der Waals surface area contributed by atoms with Crippen LogP contribution >= 0.6 is 11.6 Å². The Morgan fingerprint density at radius 1 is 0.976 bits per heavy atom. The highest BCUT2D eigenvalue weighted by Crippen LogP contribution is 2.31. The monoisotopic (exact) mass is 593 g/mol. The molecule has 0 saturated carbocycles. The third kappa shape index (κ3) is 9.31. The van der Waals surface area contributed by atoms with E-state index in [2.05, 4.69) is 25.9 Å². The van der Waals surface area contributed by atoms with E-state index in [1.807, 2.05) is 0 Å². The number of unbranched alkanes of at least 4 members (excludes halogenated alkanes) is 1. The second-order valence-corrected chi connectivity index (χ2v) is 11.0. The first-order valence-corrected chi connectivity index (χ1v) is 13.9. The molecule has 0 spiro atoms. The number of benzene rings is 3. The minimum absolute atomic E-state index is 0.140. The van der Waals surface area contributed by atoms with Gasteiger partial charge in [0.1, 0.15) is 35.9 Å². The maximum absolute atomic E-state index is 13.4. The Morgan fingerprint density at radius 3 is 2.55 bits per heavy atom. The molecule has 2 amide bonds. The number of nitrogens with one attached hydrogen (secondary N) is 3. The molecule has 0 bridgehead atoms. The van der Waals surface area contributed by atoms with E-state index in [0.29, 0.717) is 70.2 Å². The molecule has 3 N–H and O–H groups in total. The number of alkyl carbamates (subject to hydrolysis) is 1. The lowest BCUT2D eigenvalue weighted by molar-refractivity contribution is -0.116. The molecule has 42 heavy (non-hydrogen) atoms. The van der Waals surface area contributed by atoms with E-state index >= 15 is 0 Å². The lowest BCUT2D eigenvalue weighted by Gasteiger charge is -2.19. The second kappa shape index (κ2) is 14.0. The Balaban J connectivity index is 1.33. The zero-order valence-corrected chi connectivity index (χ0v) is 24.4. The van der Waals surface area contributed by atoms with Crippen LogP contribution < -0.4 is 20.7 Å². The number of carbonyl (C=O) groups excluding carboxylic acids is 2. The number of hydrogen-bond donors (Lipinski definition) is 3. The van der Waals surface area contributed by atoms with E-state index in [1.165, 1.54) is 18.5 Å². The van der Waals surface area contributed by atoms with Crippen LogP contribution in [0.4, 0.5) is 26.4 Å². The molecule has 4 aromatic rings. The standard InChI is InChI=1S/C31H33ClFN5O4/c1-31(2,3)42-30(40)34-14-5-4-9-28(39)37-22-10-12-26-24(16-22)29(36-19-35-26)38-23-11-13-27(25(32)17-23)41-18-20-7-6-8-21(33)15-20/h6-8,10-13,15-17,19H,4-5,9,14,18H2,1-3H3,(H,34,40)(H,37,39)(H,35,36,38). The third-order valence-corrected chi connectivity index (χ3v) is 6.19. The average Bonchev–Trinajstić information content (AvgIpc) is 2.92. The highest BCUT2D eigenvalue weighted by atomic mass is 35.5. The van der Waals surface area contributed by atoms with Gasteiger partial charge in [-0.2, -0.15) is 0 Å². The number of hydrogen-bond acceptors (Lipinski definition) is 7. The molecule has 0 fully saturated rings. The predicted molar refractivity (Wildman–Crippen MR) is 162 cm³/mol. The maximum atomic E-state index is 13.4. The molecule has 9 nitrogen and oxygen atoms in total. The molecule has 1 aromatic heterocycles. The van der Waals surface area contributed by atoms with Crippen molar-refractivity contribution in [3.63, 3.8) is 0 Å². The van der Waals surface area contributed by atoms with Gasteiger partial charge in [0.2, 0.25) is 5.91 Å². The van der Waals surface area contributed by atoms with Gasteiger partial charge >= 0.3 is 6.09 Å². The normalized spacial score (nSPS) is 11.2. The van der Waals surface area contributed by atoms with E-state index in [-0.39, 0.29) is 18.3 Å². The van der Waals surface area contributed by atoms with E-state index in [4.69, 9.17) is 21.1 Å². The second-order valence-electron chi connectivity index (χ2n) is 10.6. The molecule has 0 aliphatic carbocycles. The lowest BCUT2D eigenvalue weighted by Crippen LogP contribution is -2.33. The van der Waals surface area contributed by atoms with Gasteiger partial charge in [0.25, 0.3) is 0 Å². The summed E-state index contributed by atoms with van der Waals surface area (Å²) in [6.45, 7) is 6.01. The van der Waals surface area contributed by atoms with Crippen molar-refractivity contribution in [3.8, 4) is 5.75 Å². The summed E-state index contributed by atoms with van der Waals surface area (Å²) in [4.78, 5) is 32.9. The Hall–Kier alpha value is -4.44. The molecular formula is C31H33ClFN5O4. The average molecular weight is 594 g/mol. The molecule has 4 rings (SSSR count). The van der Waals surface area contributed by atoms with Crippen LogP contribution in [0.1, 0.15) is 45.6 Å². The number of halogens is 2. The van der Waals surface area contributed by atoms with Crippen LogP contribution in [0.2, 0.25) is 5.02 Å². The Morgan fingerprint density at radius 2 is 1.79 bits per heavy atom. The molecule has 11 heteroatoms. The van der Waals surface area contributed by atoms with E-state index in [9.17, 15) is 14.0 Å². The molecule has 0 radical (unpaired) electrons. The first-order valence-electron chi connectivity index (χ1n) is 13.5. The predicted octanol–water partition coefficient (Wildman–Crippen LogP) is 7.38. The minimum atomic E-state index is -0.552. The summed E-state index contributed by atoms with van der Waals surface area (Å²) in [7, 11) is 0. The van der Waals surface area contributed by atoms with Gasteiger partial charge in [-0.15, -0.1) is 0 Å². The van der Waals surface area contributed by atoms with Crippen LogP contribution in [0.5, 0.6) is 5.75 Å². The van der Waals surface area contributed by atoms with E-state index in [0.717, 1.165) is 0 Å². The van der Waals surface area contributed by atoms with Crippen molar-refractivity contribution in [3.05, 3.63) is 83.4 Å². The largest absolute Gasteiger partial charge is 0.487 e. The quantitative estimate of drug-likeness (QED) is 0.155. The Labute approximate surface area is 248 Å². The number of fused-ring (bicyclic) bond motifs is 1. The van der Waals surface area contributed by atoms with Crippen molar-refractivity contribution >= 4 is 51.7 Å². The molecule has 0 atom stereocenters. The first-order chi connectivity index (χ1) is 20.1. The highest BCUT2D eigenvalue weighted by molar-refractivity contribution is 6.32. The van der Waals surface area contributed by atoms with Gasteiger partial charge in [0, 0.05) is 29.7 Å². The number of amides is 2. The van der Waals surface area contributed by atoms with Crippen LogP contribution in [0.25, 0.3) is 10.9 Å². The molecule has 3 aromatic carbocycles.